The fraction of sp³-hybridized carbons (Fsp3) is 0.462. The zero-order chi connectivity index (χ0) is 14.8. The monoisotopic (exact) mass is 298 g/mol. The molecule has 1 atom stereocenters. The summed E-state index contributed by atoms with van der Waals surface area (Å²) in [5.41, 5.74) is 1.86. The van der Waals surface area contributed by atoms with Crippen LogP contribution in [0.1, 0.15) is 12.5 Å². The molecule has 0 saturated carbocycles. The Morgan fingerprint density at radius 1 is 1.35 bits per heavy atom. The maximum atomic E-state index is 11.8. The summed E-state index contributed by atoms with van der Waals surface area (Å²) < 4.78 is 30.3. The van der Waals surface area contributed by atoms with Crippen LogP contribution >= 0.6 is 0 Å². The molecule has 20 heavy (non-hydrogen) atoms. The molecule has 1 aromatic carbocycles. The Bertz CT molecular complexity index is 583. The van der Waals surface area contributed by atoms with Crippen molar-refractivity contribution in [2.45, 2.75) is 20.0 Å². The molecule has 1 amide bonds. The highest BCUT2D eigenvalue weighted by Crippen LogP contribution is 2.21. The van der Waals surface area contributed by atoms with E-state index >= 15 is 0 Å². The first kappa shape index (κ1) is 14.8. The predicted molar refractivity (Wildman–Crippen MR) is 76.3 cm³/mol. The number of hydrogen-bond donors (Lipinski definition) is 1. The zero-order valence-electron chi connectivity index (χ0n) is 11.5. The lowest BCUT2D eigenvalue weighted by molar-refractivity contribution is 0.143. The first-order chi connectivity index (χ1) is 9.41. The van der Waals surface area contributed by atoms with E-state index in [9.17, 15) is 13.2 Å². The lowest BCUT2D eigenvalue weighted by Gasteiger charge is -2.13. The van der Waals surface area contributed by atoms with Crippen LogP contribution in [0.15, 0.2) is 24.3 Å². The first-order valence-electron chi connectivity index (χ1n) is 6.43. The second kappa shape index (κ2) is 5.80. The minimum absolute atomic E-state index is 0.00927. The van der Waals surface area contributed by atoms with Gasteiger partial charge >= 0.3 is 6.09 Å². The third kappa shape index (κ3) is 3.49. The molecular weight excluding hydrogens is 280 g/mol. The smallest absolute Gasteiger partial charge is 0.414 e. The van der Waals surface area contributed by atoms with Crippen LogP contribution in [0.4, 0.5) is 10.5 Å². The van der Waals surface area contributed by atoms with Gasteiger partial charge in [0.15, 0.2) is 0 Å². The minimum Gasteiger partial charge on any atom is -0.443 e. The third-order valence-corrected chi connectivity index (χ3v) is 4.50. The van der Waals surface area contributed by atoms with Gasteiger partial charge in [0.1, 0.15) is 6.10 Å². The van der Waals surface area contributed by atoms with Gasteiger partial charge in [-0.05, 0) is 26.0 Å². The number of aryl methyl sites for hydroxylation is 1. The molecule has 2 rings (SSSR count). The van der Waals surface area contributed by atoms with E-state index in [0.29, 0.717) is 6.54 Å². The van der Waals surface area contributed by atoms with Crippen molar-refractivity contribution in [3.63, 3.8) is 0 Å². The zero-order valence-corrected chi connectivity index (χ0v) is 12.3. The Balaban J connectivity index is 1.99. The fourth-order valence-electron chi connectivity index (χ4n) is 1.89. The van der Waals surface area contributed by atoms with E-state index in [1.165, 1.54) is 4.90 Å². The van der Waals surface area contributed by atoms with Crippen LogP contribution in [-0.4, -0.2) is 39.5 Å². The Kier molecular flexibility index (Phi) is 4.29. The molecule has 0 spiro atoms. The number of carbonyl (C=O) groups excluding carboxylic acids is 1. The number of ether oxygens (including phenoxy) is 1. The van der Waals surface area contributed by atoms with Crippen molar-refractivity contribution in [2.75, 3.05) is 23.7 Å². The van der Waals surface area contributed by atoms with Gasteiger partial charge in [-0.15, -0.1) is 0 Å². The van der Waals surface area contributed by atoms with Crippen LogP contribution in [0.2, 0.25) is 0 Å². The Hall–Kier alpha value is -1.60. The third-order valence-electron chi connectivity index (χ3n) is 3.13. The van der Waals surface area contributed by atoms with Gasteiger partial charge in [-0.25, -0.2) is 17.9 Å². The molecule has 1 aromatic rings. The van der Waals surface area contributed by atoms with Crippen molar-refractivity contribution in [1.82, 2.24) is 4.72 Å². The second-order valence-corrected chi connectivity index (χ2v) is 6.80. The summed E-state index contributed by atoms with van der Waals surface area (Å²) in [5.74, 6) is 0.00927. The van der Waals surface area contributed by atoms with Gasteiger partial charge in [0.25, 0.3) is 0 Å². The van der Waals surface area contributed by atoms with Gasteiger partial charge in [0.05, 0.1) is 12.3 Å². The number of hydrogen-bond acceptors (Lipinski definition) is 4. The fourth-order valence-corrected chi connectivity index (χ4v) is 2.53. The van der Waals surface area contributed by atoms with Crippen LogP contribution in [-0.2, 0) is 14.8 Å². The van der Waals surface area contributed by atoms with E-state index in [1.807, 2.05) is 31.2 Å². The van der Waals surface area contributed by atoms with E-state index in [4.69, 9.17) is 4.74 Å². The van der Waals surface area contributed by atoms with Crippen molar-refractivity contribution < 1.29 is 17.9 Å². The summed E-state index contributed by atoms with van der Waals surface area (Å²) in [6.45, 7) is 3.97. The van der Waals surface area contributed by atoms with Gasteiger partial charge in [-0.3, -0.25) is 4.90 Å². The van der Waals surface area contributed by atoms with E-state index < -0.39 is 22.2 Å². The van der Waals surface area contributed by atoms with E-state index in [0.717, 1.165) is 11.3 Å². The average molecular weight is 298 g/mol. The molecule has 1 aliphatic rings. The van der Waals surface area contributed by atoms with E-state index in [-0.39, 0.29) is 12.3 Å². The molecule has 110 valence electrons. The summed E-state index contributed by atoms with van der Waals surface area (Å²) in [5, 5.41) is 0. The summed E-state index contributed by atoms with van der Waals surface area (Å²) in [4.78, 5) is 13.3. The Morgan fingerprint density at radius 3 is 2.60 bits per heavy atom. The Morgan fingerprint density at radius 2 is 2.00 bits per heavy atom. The molecule has 0 aromatic heterocycles. The second-order valence-electron chi connectivity index (χ2n) is 4.70. The number of nitrogens with one attached hydrogen (secondary N) is 1. The number of anilines is 1. The predicted octanol–water partition coefficient (Wildman–Crippen LogP) is 1.26. The highest BCUT2D eigenvalue weighted by Gasteiger charge is 2.32. The molecule has 6 nitrogen and oxygen atoms in total. The lowest BCUT2D eigenvalue weighted by Crippen LogP contribution is -2.35. The highest BCUT2D eigenvalue weighted by molar-refractivity contribution is 7.89. The number of carbonyl (C=O) groups is 1. The SMILES string of the molecule is CCS(=O)(=O)NC[C@@H]1CN(c2ccc(C)cc2)C(=O)O1. The van der Waals surface area contributed by atoms with Gasteiger partial charge < -0.3 is 4.74 Å². The molecule has 0 unspecified atom stereocenters. The Labute approximate surface area is 118 Å². The number of sulfonamides is 1. The lowest BCUT2D eigenvalue weighted by atomic mass is 10.2. The van der Waals surface area contributed by atoms with E-state index in [2.05, 4.69) is 4.72 Å². The molecule has 1 aliphatic heterocycles. The van der Waals surface area contributed by atoms with Crippen molar-refractivity contribution in [3.8, 4) is 0 Å². The van der Waals surface area contributed by atoms with Gasteiger partial charge in [0, 0.05) is 12.2 Å². The summed E-state index contributed by atoms with van der Waals surface area (Å²) >= 11 is 0. The quantitative estimate of drug-likeness (QED) is 0.888. The standard InChI is InChI=1S/C13H18N2O4S/c1-3-20(17,18)14-8-12-9-15(13(16)19-12)11-6-4-10(2)5-7-11/h4-7,12,14H,3,8-9H2,1-2H3/t12-/m1/s1. The van der Waals surface area contributed by atoms with Crippen LogP contribution < -0.4 is 9.62 Å². The molecule has 1 heterocycles. The first-order valence-corrected chi connectivity index (χ1v) is 8.08. The van der Waals surface area contributed by atoms with Crippen molar-refractivity contribution >= 4 is 21.8 Å². The number of cyclic esters (lactones) is 1. The van der Waals surface area contributed by atoms with Gasteiger partial charge in [-0.1, -0.05) is 17.7 Å². The molecule has 0 bridgehead atoms. The largest absolute Gasteiger partial charge is 0.443 e. The molecule has 1 N–H and O–H groups in total. The minimum atomic E-state index is -3.27. The van der Waals surface area contributed by atoms with Crippen LogP contribution in [0.5, 0.6) is 0 Å². The molecule has 1 fully saturated rings. The number of benzene rings is 1. The van der Waals surface area contributed by atoms with Crippen LogP contribution in [0.3, 0.4) is 0 Å². The van der Waals surface area contributed by atoms with Crippen molar-refractivity contribution in [3.05, 3.63) is 29.8 Å². The molecule has 1 saturated heterocycles. The molecule has 0 radical (unpaired) electrons. The van der Waals surface area contributed by atoms with Crippen LogP contribution in [0.25, 0.3) is 0 Å². The molecular formula is C13H18N2O4S. The normalized spacial score (nSPS) is 19.2. The number of nitrogens with zero attached hydrogens (tertiary/aromatic N) is 1. The summed E-state index contributed by atoms with van der Waals surface area (Å²) in [6, 6.07) is 7.51. The van der Waals surface area contributed by atoms with Gasteiger partial charge in [0.2, 0.25) is 10.0 Å². The maximum Gasteiger partial charge on any atom is 0.414 e. The highest BCUT2D eigenvalue weighted by atomic mass is 32.2. The maximum absolute atomic E-state index is 11.8. The summed E-state index contributed by atoms with van der Waals surface area (Å²) in [6.07, 6.45) is -0.917. The van der Waals surface area contributed by atoms with Gasteiger partial charge in [-0.2, -0.15) is 0 Å². The summed E-state index contributed by atoms with van der Waals surface area (Å²) in [7, 11) is -3.27. The molecule has 7 heteroatoms. The molecule has 0 aliphatic carbocycles. The van der Waals surface area contributed by atoms with Crippen molar-refractivity contribution in [1.29, 1.82) is 0 Å². The van der Waals surface area contributed by atoms with Crippen LogP contribution in [0, 0.1) is 6.92 Å². The topological polar surface area (TPSA) is 75.7 Å². The number of amides is 1. The van der Waals surface area contributed by atoms with E-state index in [1.54, 1.807) is 6.92 Å². The van der Waals surface area contributed by atoms with Crippen molar-refractivity contribution in [2.24, 2.45) is 0 Å². The average Bonchev–Trinajstić information content (AvgIpc) is 2.79. The number of rotatable bonds is 5.